The monoisotopic (exact) mass is 249 g/mol. The Morgan fingerprint density at radius 3 is 2.33 bits per heavy atom. The fraction of sp³-hybridized carbons (Fsp3) is 0.800. The average molecular weight is 249 g/mol. The summed E-state index contributed by atoms with van der Waals surface area (Å²) in [5, 5.41) is 0. The van der Waals surface area contributed by atoms with E-state index in [2.05, 4.69) is 32.7 Å². The maximum atomic E-state index is 6.17. The Kier molecular flexibility index (Phi) is 3.69. The molecule has 0 saturated heterocycles. The molecule has 1 aliphatic rings. The lowest BCUT2D eigenvalue weighted by atomic mass is 9.69. The zero-order chi connectivity index (χ0) is 13.3. The number of aromatic nitrogens is 2. The number of rotatable bonds is 2. The maximum absolute atomic E-state index is 6.17. The predicted octanol–water partition coefficient (Wildman–Crippen LogP) is 3.81. The number of nitrogen functional groups attached to an aromatic ring is 1. The summed E-state index contributed by atoms with van der Waals surface area (Å²) >= 11 is 0. The van der Waals surface area contributed by atoms with Crippen molar-refractivity contribution in [3.05, 3.63) is 12.0 Å². The van der Waals surface area contributed by atoms with Gasteiger partial charge in [-0.15, -0.1) is 0 Å². The Hall–Kier alpha value is -0.990. The Bertz CT molecular complexity index is 392. The molecule has 0 amide bonds. The van der Waals surface area contributed by atoms with Crippen LogP contribution in [0.4, 0.5) is 5.82 Å². The van der Waals surface area contributed by atoms with Crippen LogP contribution < -0.4 is 5.73 Å². The Morgan fingerprint density at radius 1 is 1.28 bits per heavy atom. The summed E-state index contributed by atoms with van der Waals surface area (Å²) in [6.07, 6.45) is 7.00. The maximum Gasteiger partial charge on any atom is 0.126 e. The third-order valence-corrected chi connectivity index (χ3v) is 4.59. The minimum absolute atomic E-state index is 0.444. The van der Waals surface area contributed by atoms with Crippen molar-refractivity contribution in [2.45, 2.75) is 65.8 Å². The average Bonchev–Trinajstić information content (AvgIpc) is 2.69. The van der Waals surface area contributed by atoms with Crippen LogP contribution >= 0.6 is 0 Å². The van der Waals surface area contributed by atoms with E-state index in [1.807, 2.05) is 10.9 Å². The van der Waals surface area contributed by atoms with Crippen LogP contribution in [0.5, 0.6) is 0 Å². The lowest BCUT2D eigenvalue weighted by Gasteiger charge is -2.36. The van der Waals surface area contributed by atoms with Crippen LogP contribution in [-0.4, -0.2) is 9.55 Å². The van der Waals surface area contributed by atoms with Gasteiger partial charge in [0.2, 0.25) is 0 Å². The van der Waals surface area contributed by atoms with E-state index in [1.54, 1.807) is 0 Å². The highest BCUT2D eigenvalue weighted by Crippen LogP contribution is 2.43. The molecular weight excluding hydrogens is 222 g/mol. The summed E-state index contributed by atoms with van der Waals surface area (Å²) in [5.41, 5.74) is 7.75. The zero-order valence-electron chi connectivity index (χ0n) is 12.2. The number of nitrogens with two attached hydrogens (primary N) is 1. The summed E-state index contributed by atoms with van der Waals surface area (Å²) in [4.78, 5) is 4.54. The van der Waals surface area contributed by atoms with E-state index in [4.69, 9.17) is 5.73 Å². The summed E-state index contributed by atoms with van der Waals surface area (Å²) < 4.78 is 2.05. The molecule has 1 aliphatic carbocycles. The van der Waals surface area contributed by atoms with Gasteiger partial charge in [-0.2, -0.15) is 0 Å². The van der Waals surface area contributed by atoms with Crippen molar-refractivity contribution in [2.24, 2.45) is 11.3 Å². The third-order valence-electron chi connectivity index (χ3n) is 4.59. The van der Waals surface area contributed by atoms with Gasteiger partial charge in [-0.05, 0) is 43.9 Å². The smallest absolute Gasteiger partial charge is 0.126 e. The molecule has 1 aromatic rings. The second-order valence-electron chi connectivity index (χ2n) is 6.72. The third kappa shape index (κ3) is 2.55. The highest BCUT2D eigenvalue weighted by atomic mass is 15.1. The number of aryl methyl sites for hydroxylation is 1. The summed E-state index contributed by atoms with van der Waals surface area (Å²) in [6, 6.07) is 0. The molecule has 2 N–H and O–H groups in total. The number of anilines is 1. The van der Waals surface area contributed by atoms with E-state index < -0.39 is 0 Å². The van der Waals surface area contributed by atoms with Crippen LogP contribution in [-0.2, 0) is 6.54 Å². The minimum atomic E-state index is 0.444. The topological polar surface area (TPSA) is 43.8 Å². The Morgan fingerprint density at radius 2 is 1.89 bits per heavy atom. The number of hydrogen-bond acceptors (Lipinski definition) is 2. The highest BCUT2D eigenvalue weighted by Gasteiger charge is 2.31. The van der Waals surface area contributed by atoms with Crippen molar-refractivity contribution >= 4 is 5.82 Å². The van der Waals surface area contributed by atoms with E-state index in [-0.39, 0.29) is 0 Å². The lowest BCUT2D eigenvalue weighted by Crippen LogP contribution is -2.25. The van der Waals surface area contributed by atoms with E-state index in [0.717, 1.165) is 24.0 Å². The van der Waals surface area contributed by atoms with Crippen LogP contribution in [0.1, 0.15) is 65.0 Å². The van der Waals surface area contributed by atoms with Gasteiger partial charge in [-0.1, -0.05) is 20.8 Å². The van der Waals surface area contributed by atoms with Crippen molar-refractivity contribution < 1.29 is 0 Å². The molecular formula is C15H27N3. The standard InChI is InChI=1S/C15H27N3/c1-5-18-10-17-13(14(18)16)11-6-8-12(9-7-11)15(2,3)4/h10-12H,5-9,16H2,1-4H3. The number of imidazole rings is 1. The highest BCUT2D eigenvalue weighted by molar-refractivity contribution is 5.38. The van der Waals surface area contributed by atoms with Gasteiger partial charge in [0, 0.05) is 12.5 Å². The molecule has 3 nitrogen and oxygen atoms in total. The predicted molar refractivity (Wildman–Crippen MR) is 76.5 cm³/mol. The van der Waals surface area contributed by atoms with Crippen molar-refractivity contribution in [1.29, 1.82) is 0 Å². The Balaban J connectivity index is 2.03. The molecule has 0 radical (unpaired) electrons. The molecule has 0 unspecified atom stereocenters. The second-order valence-corrected chi connectivity index (χ2v) is 6.72. The largest absolute Gasteiger partial charge is 0.384 e. The molecule has 0 aliphatic heterocycles. The van der Waals surface area contributed by atoms with E-state index >= 15 is 0 Å². The fourth-order valence-corrected chi connectivity index (χ4v) is 3.21. The van der Waals surface area contributed by atoms with Crippen LogP contribution in [0.3, 0.4) is 0 Å². The summed E-state index contributed by atoms with van der Waals surface area (Å²) in [7, 11) is 0. The molecule has 102 valence electrons. The molecule has 1 saturated carbocycles. The molecule has 0 bridgehead atoms. The van der Waals surface area contributed by atoms with Crippen LogP contribution in [0.25, 0.3) is 0 Å². The van der Waals surface area contributed by atoms with Gasteiger partial charge in [0.15, 0.2) is 0 Å². The molecule has 1 aromatic heterocycles. The first-order valence-corrected chi connectivity index (χ1v) is 7.24. The first-order chi connectivity index (χ1) is 8.43. The van der Waals surface area contributed by atoms with E-state index in [0.29, 0.717) is 11.3 Å². The van der Waals surface area contributed by atoms with Crippen molar-refractivity contribution in [1.82, 2.24) is 9.55 Å². The van der Waals surface area contributed by atoms with E-state index in [9.17, 15) is 0 Å². The van der Waals surface area contributed by atoms with Gasteiger partial charge in [0.05, 0.1) is 12.0 Å². The van der Waals surface area contributed by atoms with Gasteiger partial charge in [0.1, 0.15) is 5.82 Å². The van der Waals surface area contributed by atoms with Gasteiger partial charge in [-0.25, -0.2) is 4.98 Å². The molecule has 0 atom stereocenters. The Labute approximate surface area is 111 Å². The zero-order valence-corrected chi connectivity index (χ0v) is 12.2. The lowest BCUT2D eigenvalue weighted by molar-refractivity contribution is 0.168. The quantitative estimate of drug-likeness (QED) is 0.866. The molecule has 0 spiro atoms. The first kappa shape index (κ1) is 13.4. The first-order valence-electron chi connectivity index (χ1n) is 7.24. The van der Waals surface area contributed by atoms with Gasteiger partial charge in [0.25, 0.3) is 0 Å². The van der Waals surface area contributed by atoms with E-state index in [1.165, 1.54) is 25.7 Å². The minimum Gasteiger partial charge on any atom is -0.384 e. The van der Waals surface area contributed by atoms with Gasteiger partial charge < -0.3 is 10.3 Å². The van der Waals surface area contributed by atoms with Crippen LogP contribution in [0.2, 0.25) is 0 Å². The fourth-order valence-electron chi connectivity index (χ4n) is 3.21. The molecule has 3 heteroatoms. The van der Waals surface area contributed by atoms with Crippen molar-refractivity contribution in [3.8, 4) is 0 Å². The normalized spacial score (nSPS) is 25.3. The SMILES string of the molecule is CCn1cnc(C2CCC(C(C)(C)C)CC2)c1N. The molecule has 0 aromatic carbocycles. The molecule has 2 rings (SSSR count). The number of nitrogens with zero attached hydrogens (tertiary/aromatic N) is 2. The summed E-state index contributed by atoms with van der Waals surface area (Å²) in [5.74, 6) is 2.32. The molecule has 1 fully saturated rings. The summed E-state index contributed by atoms with van der Waals surface area (Å²) in [6.45, 7) is 10.1. The van der Waals surface area contributed by atoms with Crippen molar-refractivity contribution in [3.63, 3.8) is 0 Å². The van der Waals surface area contributed by atoms with Crippen LogP contribution in [0.15, 0.2) is 6.33 Å². The molecule has 18 heavy (non-hydrogen) atoms. The second kappa shape index (κ2) is 4.94. The van der Waals surface area contributed by atoms with Gasteiger partial charge >= 0.3 is 0 Å². The van der Waals surface area contributed by atoms with Crippen molar-refractivity contribution in [2.75, 3.05) is 5.73 Å². The molecule has 1 heterocycles. The van der Waals surface area contributed by atoms with Gasteiger partial charge in [-0.3, -0.25) is 0 Å². The van der Waals surface area contributed by atoms with Crippen LogP contribution in [0, 0.1) is 11.3 Å². The number of hydrogen-bond donors (Lipinski definition) is 1.